The molecule has 1 N–H and O–H groups in total. The minimum Gasteiger partial charge on any atom is -0.377 e. The van der Waals surface area contributed by atoms with Crippen molar-refractivity contribution in [1.82, 2.24) is 0 Å². The van der Waals surface area contributed by atoms with Crippen molar-refractivity contribution in [3.63, 3.8) is 0 Å². The van der Waals surface area contributed by atoms with E-state index in [0.29, 0.717) is 5.92 Å². The molecular formula is C15H21FN2O2. The minimum absolute atomic E-state index is 0.147. The van der Waals surface area contributed by atoms with E-state index < -0.39 is 16.4 Å². The van der Waals surface area contributed by atoms with E-state index in [1.54, 1.807) is 6.07 Å². The molecular weight excluding hydrogens is 259 g/mol. The smallest absolute Gasteiger partial charge is 0.327 e. The first-order valence-corrected chi connectivity index (χ1v) is 6.98. The van der Waals surface area contributed by atoms with Crippen LogP contribution in [0.1, 0.15) is 40.0 Å². The molecule has 0 radical (unpaired) electrons. The zero-order valence-electron chi connectivity index (χ0n) is 12.1. The highest BCUT2D eigenvalue weighted by Crippen LogP contribution is 2.40. The van der Waals surface area contributed by atoms with Crippen molar-refractivity contribution < 1.29 is 9.31 Å². The number of benzene rings is 1. The van der Waals surface area contributed by atoms with Crippen LogP contribution in [-0.4, -0.2) is 11.0 Å². The topological polar surface area (TPSA) is 55.2 Å². The van der Waals surface area contributed by atoms with E-state index in [1.165, 1.54) is 6.07 Å². The SMILES string of the molecule is CC1CC(Nc2cccc(F)c2[N+](=O)[O-])CC(C)(C)C1. The third-order valence-corrected chi connectivity index (χ3v) is 3.92. The lowest BCUT2D eigenvalue weighted by Gasteiger charge is -2.39. The van der Waals surface area contributed by atoms with Gasteiger partial charge in [-0.1, -0.05) is 26.8 Å². The van der Waals surface area contributed by atoms with Crippen molar-refractivity contribution in [3.8, 4) is 0 Å². The van der Waals surface area contributed by atoms with Crippen LogP contribution in [-0.2, 0) is 0 Å². The molecule has 0 heterocycles. The molecule has 0 amide bonds. The predicted molar refractivity (Wildman–Crippen MR) is 77.3 cm³/mol. The molecule has 0 aromatic heterocycles. The van der Waals surface area contributed by atoms with Crippen LogP contribution in [0.5, 0.6) is 0 Å². The van der Waals surface area contributed by atoms with Gasteiger partial charge in [0.05, 0.1) is 4.92 Å². The van der Waals surface area contributed by atoms with E-state index in [1.807, 2.05) is 0 Å². The molecule has 1 aliphatic carbocycles. The van der Waals surface area contributed by atoms with Crippen LogP contribution in [0.15, 0.2) is 18.2 Å². The zero-order valence-corrected chi connectivity index (χ0v) is 12.1. The van der Waals surface area contributed by atoms with Gasteiger partial charge >= 0.3 is 5.69 Å². The Morgan fingerprint density at radius 2 is 2.10 bits per heavy atom. The molecule has 1 fully saturated rings. The fourth-order valence-corrected chi connectivity index (χ4v) is 3.49. The van der Waals surface area contributed by atoms with E-state index in [0.717, 1.165) is 25.3 Å². The van der Waals surface area contributed by atoms with Crippen LogP contribution in [0.4, 0.5) is 15.8 Å². The van der Waals surface area contributed by atoms with Crippen molar-refractivity contribution in [2.75, 3.05) is 5.32 Å². The van der Waals surface area contributed by atoms with Crippen molar-refractivity contribution in [2.45, 2.75) is 46.1 Å². The molecule has 2 atom stereocenters. The quantitative estimate of drug-likeness (QED) is 0.661. The van der Waals surface area contributed by atoms with Crippen molar-refractivity contribution >= 4 is 11.4 Å². The number of halogens is 1. The van der Waals surface area contributed by atoms with Crippen molar-refractivity contribution in [1.29, 1.82) is 0 Å². The Morgan fingerprint density at radius 3 is 2.70 bits per heavy atom. The number of nitro benzene ring substituents is 1. The van der Waals surface area contributed by atoms with Gasteiger partial charge in [-0.2, -0.15) is 4.39 Å². The van der Waals surface area contributed by atoms with E-state index in [-0.39, 0.29) is 17.1 Å². The minimum atomic E-state index is -0.789. The number of nitrogens with zero attached hydrogens (tertiary/aromatic N) is 1. The zero-order chi connectivity index (χ0) is 14.9. The van der Waals surface area contributed by atoms with Gasteiger partial charge in [0.25, 0.3) is 0 Å². The molecule has 0 bridgehead atoms. The first-order valence-electron chi connectivity index (χ1n) is 6.98. The largest absolute Gasteiger partial charge is 0.377 e. The summed E-state index contributed by atoms with van der Waals surface area (Å²) in [6.45, 7) is 6.60. The van der Waals surface area contributed by atoms with Crippen LogP contribution in [0, 0.1) is 27.3 Å². The van der Waals surface area contributed by atoms with Gasteiger partial charge in [-0.05, 0) is 42.7 Å². The number of para-hydroxylation sites is 1. The Labute approximate surface area is 118 Å². The summed E-state index contributed by atoms with van der Waals surface area (Å²) in [5.74, 6) is -0.230. The van der Waals surface area contributed by atoms with Crippen LogP contribution in [0.3, 0.4) is 0 Å². The van der Waals surface area contributed by atoms with Gasteiger partial charge in [0.15, 0.2) is 0 Å². The standard InChI is InChI=1S/C15H21FN2O2/c1-10-7-11(9-15(2,3)8-10)17-13-6-4-5-12(16)14(13)18(19)20/h4-6,10-11,17H,7-9H2,1-3H3. The molecule has 0 saturated heterocycles. The maximum absolute atomic E-state index is 13.6. The Bertz CT molecular complexity index is 517. The van der Waals surface area contributed by atoms with Gasteiger partial charge in [0.1, 0.15) is 5.69 Å². The Balaban J connectivity index is 2.22. The molecule has 1 saturated carbocycles. The molecule has 20 heavy (non-hydrogen) atoms. The molecule has 1 aromatic rings. The van der Waals surface area contributed by atoms with E-state index in [4.69, 9.17) is 0 Å². The molecule has 1 aliphatic rings. The fraction of sp³-hybridized carbons (Fsp3) is 0.600. The Morgan fingerprint density at radius 1 is 1.40 bits per heavy atom. The summed E-state index contributed by atoms with van der Waals surface area (Å²) in [6, 6.07) is 4.35. The van der Waals surface area contributed by atoms with Gasteiger partial charge in [0, 0.05) is 6.04 Å². The van der Waals surface area contributed by atoms with Gasteiger partial charge < -0.3 is 5.32 Å². The third-order valence-electron chi connectivity index (χ3n) is 3.92. The second-order valence-corrected chi connectivity index (χ2v) is 6.65. The predicted octanol–water partition coefficient (Wildman–Crippen LogP) is 4.36. The van der Waals surface area contributed by atoms with Crippen LogP contribution < -0.4 is 5.32 Å². The normalized spacial score (nSPS) is 25.2. The summed E-state index contributed by atoms with van der Waals surface area (Å²) >= 11 is 0. The highest BCUT2D eigenvalue weighted by molar-refractivity contribution is 5.62. The van der Waals surface area contributed by atoms with E-state index >= 15 is 0 Å². The molecule has 0 spiro atoms. The lowest BCUT2D eigenvalue weighted by atomic mass is 9.70. The molecule has 2 unspecified atom stereocenters. The van der Waals surface area contributed by atoms with Gasteiger partial charge in [-0.3, -0.25) is 10.1 Å². The summed E-state index contributed by atoms with van der Waals surface area (Å²) < 4.78 is 13.6. The summed E-state index contributed by atoms with van der Waals surface area (Å²) in [6.07, 6.45) is 3.04. The Hall–Kier alpha value is -1.65. The highest BCUT2D eigenvalue weighted by atomic mass is 19.1. The maximum atomic E-state index is 13.6. The number of anilines is 1. The van der Waals surface area contributed by atoms with E-state index in [9.17, 15) is 14.5 Å². The Kier molecular flexibility index (Phi) is 3.97. The third kappa shape index (κ3) is 3.26. The molecule has 2 rings (SSSR count). The van der Waals surface area contributed by atoms with Crippen molar-refractivity contribution in [3.05, 3.63) is 34.1 Å². The van der Waals surface area contributed by atoms with Crippen LogP contribution >= 0.6 is 0 Å². The lowest BCUT2D eigenvalue weighted by Crippen LogP contribution is -2.35. The average molecular weight is 280 g/mol. The lowest BCUT2D eigenvalue weighted by molar-refractivity contribution is -0.386. The number of hydrogen-bond acceptors (Lipinski definition) is 3. The van der Waals surface area contributed by atoms with Crippen molar-refractivity contribution in [2.24, 2.45) is 11.3 Å². The van der Waals surface area contributed by atoms with Crippen LogP contribution in [0.25, 0.3) is 0 Å². The summed E-state index contributed by atoms with van der Waals surface area (Å²) in [5.41, 5.74) is 0.0330. The van der Waals surface area contributed by atoms with Gasteiger partial charge in [-0.15, -0.1) is 0 Å². The monoisotopic (exact) mass is 280 g/mol. The maximum Gasteiger partial charge on any atom is 0.327 e. The number of nitro groups is 1. The molecule has 0 aliphatic heterocycles. The number of nitrogens with one attached hydrogen (secondary N) is 1. The second kappa shape index (κ2) is 5.38. The summed E-state index contributed by atoms with van der Waals surface area (Å²) in [4.78, 5) is 10.3. The first-order chi connectivity index (χ1) is 9.28. The number of rotatable bonds is 3. The fourth-order valence-electron chi connectivity index (χ4n) is 3.49. The summed E-state index contributed by atoms with van der Waals surface area (Å²) in [5, 5.41) is 14.2. The molecule has 4 nitrogen and oxygen atoms in total. The van der Waals surface area contributed by atoms with Gasteiger partial charge in [0.2, 0.25) is 5.82 Å². The second-order valence-electron chi connectivity index (χ2n) is 6.65. The highest BCUT2D eigenvalue weighted by Gasteiger charge is 2.33. The molecule has 1 aromatic carbocycles. The van der Waals surface area contributed by atoms with Crippen LogP contribution in [0.2, 0.25) is 0 Å². The van der Waals surface area contributed by atoms with E-state index in [2.05, 4.69) is 26.1 Å². The molecule has 5 heteroatoms. The van der Waals surface area contributed by atoms with Gasteiger partial charge in [-0.25, -0.2) is 0 Å². The summed E-state index contributed by atoms with van der Waals surface area (Å²) in [7, 11) is 0. The average Bonchev–Trinajstić information content (AvgIpc) is 2.25. The molecule has 110 valence electrons. The number of hydrogen-bond donors (Lipinski definition) is 1. The first kappa shape index (κ1) is 14.8.